The summed E-state index contributed by atoms with van der Waals surface area (Å²) in [6.45, 7) is 6.28. The zero-order valence-corrected chi connectivity index (χ0v) is 14.2. The fraction of sp³-hybridized carbons (Fsp3) is 0.650. The third-order valence-electron chi connectivity index (χ3n) is 5.70. The van der Waals surface area contributed by atoms with E-state index >= 15 is 0 Å². The lowest BCUT2D eigenvalue weighted by atomic mass is 9.80. The van der Waals surface area contributed by atoms with Crippen molar-refractivity contribution in [2.75, 3.05) is 0 Å². The lowest BCUT2D eigenvalue weighted by Crippen LogP contribution is -2.29. The molecule has 0 heterocycles. The van der Waals surface area contributed by atoms with E-state index in [2.05, 4.69) is 32.9 Å². The summed E-state index contributed by atoms with van der Waals surface area (Å²) >= 11 is 0. The third-order valence-corrected chi connectivity index (χ3v) is 5.70. The molecule has 3 rings (SSSR count). The predicted molar refractivity (Wildman–Crippen MR) is 88.9 cm³/mol. The number of carbonyl (C=O) groups excluding carboxylic acids is 1. The van der Waals surface area contributed by atoms with Crippen LogP contribution < -0.4 is 0 Å². The number of fused-ring (bicyclic) bond motifs is 1. The van der Waals surface area contributed by atoms with Gasteiger partial charge >= 0.3 is 5.97 Å². The van der Waals surface area contributed by atoms with Crippen LogP contribution in [0.1, 0.15) is 60.8 Å². The number of carbonyl (C=O) groups is 1. The summed E-state index contributed by atoms with van der Waals surface area (Å²) in [4.78, 5) is 12.3. The molecule has 2 aliphatic rings. The first-order chi connectivity index (χ1) is 10.5. The molecule has 0 radical (unpaired) electrons. The summed E-state index contributed by atoms with van der Waals surface area (Å²) in [7, 11) is 0. The minimum absolute atomic E-state index is 0.0449. The highest BCUT2D eigenvalue weighted by Crippen LogP contribution is 2.42. The number of rotatable bonds is 3. The van der Waals surface area contributed by atoms with E-state index in [1.807, 2.05) is 0 Å². The monoisotopic (exact) mass is 300 g/mol. The average Bonchev–Trinajstić information content (AvgIpc) is 2.90. The van der Waals surface area contributed by atoms with Crippen LogP contribution in [0.25, 0.3) is 0 Å². The minimum atomic E-state index is -0.0449. The van der Waals surface area contributed by atoms with Crippen LogP contribution in [0.5, 0.6) is 0 Å². The van der Waals surface area contributed by atoms with E-state index in [1.165, 1.54) is 42.4 Å². The van der Waals surface area contributed by atoms with Gasteiger partial charge < -0.3 is 4.74 Å². The van der Waals surface area contributed by atoms with Crippen molar-refractivity contribution in [1.29, 1.82) is 0 Å². The number of aryl methyl sites for hydroxylation is 3. The maximum Gasteiger partial charge on any atom is 0.310 e. The van der Waals surface area contributed by atoms with Crippen molar-refractivity contribution in [3.63, 3.8) is 0 Å². The molecule has 1 aromatic rings. The van der Waals surface area contributed by atoms with E-state index in [1.54, 1.807) is 0 Å². The van der Waals surface area contributed by atoms with Crippen molar-refractivity contribution in [2.24, 2.45) is 11.8 Å². The summed E-state index contributed by atoms with van der Waals surface area (Å²) in [6, 6.07) is 4.30. The Labute approximate surface area is 134 Å². The summed E-state index contributed by atoms with van der Waals surface area (Å²) in [5, 5.41) is 0. The molecule has 3 atom stereocenters. The highest BCUT2D eigenvalue weighted by atomic mass is 16.5. The molecule has 0 spiro atoms. The molecule has 0 aromatic heterocycles. The number of hydrogen-bond acceptors (Lipinski definition) is 2. The van der Waals surface area contributed by atoms with E-state index < -0.39 is 0 Å². The van der Waals surface area contributed by atoms with Gasteiger partial charge in [0.05, 0.1) is 6.42 Å². The highest BCUT2D eigenvalue weighted by Gasteiger charge is 2.35. The van der Waals surface area contributed by atoms with Crippen molar-refractivity contribution < 1.29 is 9.53 Å². The van der Waals surface area contributed by atoms with Crippen LogP contribution in [0.4, 0.5) is 0 Å². The van der Waals surface area contributed by atoms with Gasteiger partial charge in [0, 0.05) is 0 Å². The molecule has 120 valence electrons. The van der Waals surface area contributed by atoms with E-state index in [0.29, 0.717) is 6.42 Å². The summed E-state index contributed by atoms with van der Waals surface area (Å²) in [6.07, 6.45) is 8.12. The van der Waals surface area contributed by atoms with Gasteiger partial charge in [-0.25, -0.2) is 0 Å². The van der Waals surface area contributed by atoms with Gasteiger partial charge in [-0.2, -0.15) is 0 Å². The normalized spacial score (nSPS) is 27.5. The number of esters is 1. The molecule has 0 amide bonds. The average molecular weight is 300 g/mol. The fourth-order valence-corrected chi connectivity index (χ4v) is 4.63. The largest absolute Gasteiger partial charge is 0.462 e. The van der Waals surface area contributed by atoms with Gasteiger partial charge in [-0.1, -0.05) is 37.0 Å². The number of hydrogen-bond donors (Lipinski definition) is 0. The van der Waals surface area contributed by atoms with Crippen molar-refractivity contribution in [2.45, 2.75) is 71.8 Å². The molecular weight excluding hydrogens is 272 g/mol. The summed E-state index contributed by atoms with van der Waals surface area (Å²) in [5.74, 6) is 1.68. The SMILES string of the molecule is Cc1cc(C)c(CC(=O)OC2CCC3CCCC3C2)c(C)c1. The molecule has 0 saturated heterocycles. The molecule has 2 heteroatoms. The second-order valence-electron chi connectivity index (χ2n) is 7.43. The van der Waals surface area contributed by atoms with Gasteiger partial charge in [0.15, 0.2) is 0 Å². The standard InChI is InChI=1S/C20H28O2/c1-13-9-14(2)19(15(3)10-13)12-20(21)22-18-8-7-16-5-4-6-17(16)11-18/h9-10,16-18H,4-8,11-12H2,1-3H3. The Morgan fingerprint density at radius 1 is 1.05 bits per heavy atom. The van der Waals surface area contributed by atoms with E-state index in [0.717, 1.165) is 30.2 Å². The summed E-state index contributed by atoms with van der Waals surface area (Å²) in [5.41, 5.74) is 4.81. The molecule has 3 unspecified atom stereocenters. The van der Waals surface area contributed by atoms with Crippen LogP contribution in [0.2, 0.25) is 0 Å². The summed E-state index contributed by atoms with van der Waals surface area (Å²) < 4.78 is 5.80. The van der Waals surface area contributed by atoms with Crippen molar-refractivity contribution >= 4 is 5.97 Å². The maximum atomic E-state index is 12.3. The molecular formula is C20H28O2. The Morgan fingerprint density at radius 2 is 1.73 bits per heavy atom. The first kappa shape index (κ1) is 15.6. The molecule has 2 aliphatic carbocycles. The lowest BCUT2D eigenvalue weighted by Gasteiger charge is -2.31. The van der Waals surface area contributed by atoms with Crippen LogP contribution >= 0.6 is 0 Å². The lowest BCUT2D eigenvalue weighted by molar-refractivity contribution is -0.151. The Morgan fingerprint density at radius 3 is 2.45 bits per heavy atom. The molecule has 2 saturated carbocycles. The zero-order chi connectivity index (χ0) is 15.7. The van der Waals surface area contributed by atoms with Gasteiger partial charge in [0.1, 0.15) is 6.10 Å². The molecule has 0 bridgehead atoms. The zero-order valence-electron chi connectivity index (χ0n) is 14.2. The van der Waals surface area contributed by atoms with Crippen molar-refractivity contribution in [3.05, 3.63) is 34.4 Å². The van der Waals surface area contributed by atoms with E-state index in [9.17, 15) is 4.79 Å². The first-order valence-electron chi connectivity index (χ1n) is 8.79. The quantitative estimate of drug-likeness (QED) is 0.758. The van der Waals surface area contributed by atoms with E-state index in [4.69, 9.17) is 4.74 Å². The van der Waals surface area contributed by atoms with Crippen LogP contribution in [0.3, 0.4) is 0 Å². The molecule has 22 heavy (non-hydrogen) atoms. The third kappa shape index (κ3) is 3.37. The maximum absolute atomic E-state index is 12.3. The molecule has 0 N–H and O–H groups in total. The van der Waals surface area contributed by atoms with Gasteiger partial charge in [-0.15, -0.1) is 0 Å². The molecule has 0 aliphatic heterocycles. The van der Waals surface area contributed by atoms with Crippen molar-refractivity contribution in [3.8, 4) is 0 Å². The first-order valence-corrected chi connectivity index (χ1v) is 8.79. The molecule has 2 nitrogen and oxygen atoms in total. The fourth-order valence-electron chi connectivity index (χ4n) is 4.63. The Bertz CT molecular complexity index is 538. The number of benzene rings is 1. The van der Waals surface area contributed by atoms with Crippen molar-refractivity contribution in [1.82, 2.24) is 0 Å². The highest BCUT2D eigenvalue weighted by molar-refractivity contribution is 5.74. The smallest absolute Gasteiger partial charge is 0.310 e. The van der Waals surface area contributed by atoms with Crippen LogP contribution in [0, 0.1) is 32.6 Å². The number of ether oxygens (including phenoxy) is 1. The van der Waals surface area contributed by atoms with Gasteiger partial charge in [-0.05, 0) is 68.6 Å². The van der Waals surface area contributed by atoms with Crippen LogP contribution in [0.15, 0.2) is 12.1 Å². The van der Waals surface area contributed by atoms with Gasteiger partial charge in [0.2, 0.25) is 0 Å². The predicted octanol–water partition coefficient (Wildman–Crippen LogP) is 4.67. The van der Waals surface area contributed by atoms with Gasteiger partial charge in [0.25, 0.3) is 0 Å². The van der Waals surface area contributed by atoms with Crippen LogP contribution in [-0.4, -0.2) is 12.1 Å². The topological polar surface area (TPSA) is 26.3 Å². The second-order valence-corrected chi connectivity index (χ2v) is 7.43. The van der Waals surface area contributed by atoms with Crippen LogP contribution in [-0.2, 0) is 16.0 Å². The molecule has 1 aromatic carbocycles. The minimum Gasteiger partial charge on any atom is -0.462 e. The Kier molecular flexibility index (Phi) is 4.56. The van der Waals surface area contributed by atoms with E-state index in [-0.39, 0.29) is 12.1 Å². The molecule has 2 fully saturated rings. The Balaban J connectivity index is 1.59. The van der Waals surface area contributed by atoms with Gasteiger partial charge in [-0.3, -0.25) is 4.79 Å². The Hall–Kier alpha value is -1.31. The second kappa shape index (κ2) is 6.44.